The minimum Gasteiger partial charge on any atom is -0.494 e. The molecule has 106 valence electrons. The summed E-state index contributed by atoms with van der Waals surface area (Å²) in [6.45, 7) is 2.44. The number of rotatable bonds is 4. The summed E-state index contributed by atoms with van der Waals surface area (Å²) in [4.78, 5) is -0.428. The Balaban J connectivity index is 2.28. The molecule has 0 bridgehead atoms. The van der Waals surface area contributed by atoms with E-state index < -0.39 is 22.3 Å². The fourth-order valence-electron chi connectivity index (χ4n) is 1.81. The van der Waals surface area contributed by atoms with Gasteiger partial charge in [0.25, 0.3) is 0 Å². The molecule has 0 radical (unpaired) electrons. The minimum absolute atomic E-state index is 0.311. The Labute approximate surface area is 123 Å². The Morgan fingerprint density at radius 2 is 1.55 bits per heavy atom. The minimum atomic E-state index is -1.46. The topological polar surface area (TPSA) is 9.23 Å². The first-order valence-electron chi connectivity index (χ1n) is 6.04. The second kappa shape index (κ2) is 6.31. The third-order valence-electron chi connectivity index (χ3n) is 2.78. The molecule has 0 N–H and O–H groups in total. The van der Waals surface area contributed by atoms with Gasteiger partial charge in [0.15, 0.2) is 17.5 Å². The molecule has 0 aliphatic carbocycles. The summed E-state index contributed by atoms with van der Waals surface area (Å²) in [5, 5.41) is 0. The summed E-state index contributed by atoms with van der Waals surface area (Å²) in [6, 6.07) is 9.06. The zero-order valence-electron chi connectivity index (χ0n) is 10.7. The first kappa shape index (κ1) is 14.9. The van der Waals surface area contributed by atoms with Gasteiger partial charge in [0.05, 0.1) is 11.4 Å². The maximum absolute atomic E-state index is 13.2. The molecule has 0 heterocycles. The monoisotopic (exact) mass is 344 g/mol. The Kier molecular flexibility index (Phi) is 4.70. The first-order chi connectivity index (χ1) is 9.52. The van der Waals surface area contributed by atoms with Crippen LogP contribution in [0.15, 0.2) is 36.4 Å². The highest BCUT2D eigenvalue weighted by atomic mass is 79.9. The molecule has 2 rings (SSSR count). The lowest BCUT2D eigenvalue weighted by Crippen LogP contribution is -1.99. The van der Waals surface area contributed by atoms with E-state index in [0.717, 1.165) is 17.7 Å². The van der Waals surface area contributed by atoms with E-state index in [0.29, 0.717) is 17.9 Å². The van der Waals surface area contributed by atoms with E-state index in [4.69, 9.17) is 4.74 Å². The molecule has 20 heavy (non-hydrogen) atoms. The maximum atomic E-state index is 13.2. The van der Waals surface area contributed by atoms with Crippen molar-refractivity contribution in [2.75, 3.05) is 6.61 Å². The lowest BCUT2D eigenvalue weighted by atomic mass is 10.0. The normalized spacial score (nSPS) is 12.2. The van der Waals surface area contributed by atoms with Gasteiger partial charge in [-0.2, -0.15) is 0 Å². The molecule has 1 atom stereocenters. The molecule has 1 unspecified atom stereocenters. The number of benzene rings is 2. The average molecular weight is 345 g/mol. The summed E-state index contributed by atoms with van der Waals surface area (Å²) in [7, 11) is 0. The van der Waals surface area contributed by atoms with Crippen molar-refractivity contribution in [2.45, 2.75) is 11.8 Å². The summed E-state index contributed by atoms with van der Waals surface area (Å²) >= 11 is 3.35. The first-order valence-corrected chi connectivity index (χ1v) is 6.95. The average Bonchev–Trinajstić information content (AvgIpc) is 2.44. The Morgan fingerprint density at radius 1 is 1.00 bits per heavy atom. The van der Waals surface area contributed by atoms with Crippen LogP contribution in [0.3, 0.4) is 0 Å². The number of hydrogen-bond donors (Lipinski definition) is 0. The van der Waals surface area contributed by atoms with Crippen molar-refractivity contribution >= 4 is 15.9 Å². The molecule has 0 aliphatic rings. The largest absolute Gasteiger partial charge is 0.494 e. The summed E-state index contributed by atoms with van der Waals surface area (Å²) < 4.78 is 44.7. The second-order valence-corrected chi connectivity index (χ2v) is 5.08. The van der Waals surface area contributed by atoms with Crippen LogP contribution in [0, 0.1) is 17.5 Å². The van der Waals surface area contributed by atoms with Crippen LogP contribution in [0.1, 0.15) is 22.9 Å². The smallest absolute Gasteiger partial charge is 0.194 e. The van der Waals surface area contributed by atoms with Crippen LogP contribution in [0.5, 0.6) is 5.75 Å². The zero-order valence-corrected chi connectivity index (χ0v) is 12.3. The van der Waals surface area contributed by atoms with E-state index in [2.05, 4.69) is 15.9 Å². The van der Waals surface area contributed by atoms with Crippen LogP contribution in [0.25, 0.3) is 0 Å². The fraction of sp³-hybridized carbons (Fsp3) is 0.200. The summed E-state index contributed by atoms with van der Waals surface area (Å²) in [5.74, 6) is -3.14. The molecular weight excluding hydrogens is 333 g/mol. The molecule has 2 aromatic rings. The van der Waals surface area contributed by atoms with Gasteiger partial charge in [-0.1, -0.05) is 28.1 Å². The molecule has 5 heteroatoms. The predicted octanol–water partition coefficient (Wildman–Crippen LogP) is 4.99. The molecule has 0 aromatic heterocycles. The van der Waals surface area contributed by atoms with Crippen LogP contribution in [0.4, 0.5) is 13.2 Å². The second-order valence-electron chi connectivity index (χ2n) is 4.16. The van der Waals surface area contributed by atoms with Gasteiger partial charge < -0.3 is 4.74 Å². The van der Waals surface area contributed by atoms with Crippen molar-refractivity contribution in [3.05, 3.63) is 65.0 Å². The van der Waals surface area contributed by atoms with Crippen LogP contribution >= 0.6 is 15.9 Å². The third-order valence-corrected chi connectivity index (χ3v) is 3.84. The van der Waals surface area contributed by atoms with Gasteiger partial charge in [0, 0.05) is 0 Å². The third kappa shape index (κ3) is 3.15. The molecule has 1 nitrogen and oxygen atoms in total. The van der Waals surface area contributed by atoms with Crippen molar-refractivity contribution in [3.8, 4) is 5.75 Å². The number of ether oxygens (including phenoxy) is 1. The summed E-state index contributed by atoms with van der Waals surface area (Å²) in [6.07, 6.45) is 0. The Bertz CT molecular complexity index is 576. The standard InChI is InChI=1S/C15H12BrF3O/c1-2-20-11-5-3-9(4-6-11)14(16)10-7-12(17)15(19)13(18)8-10/h3-8,14H,2H2,1H3. The van der Waals surface area contributed by atoms with Gasteiger partial charge >= 0.3 is 0 Å². The van der Waals surface area contributed by atoms with Gasteiger partial charge in [0.2, 0.25) is 0 Å². The lowest BCUT2D eigenvalue weighted by Gasteiger charge is -2.12. The van der Waals surface area contributed by atoms with E-state index in [9.17, 15) is 13.2 Å². The van der Waals surface area contributed by atoms with Gasteiger partial charge in [0.1, 0.15) is 5.75 Å². The molecular formula is C15H12BrF3O. The van der Waals surface area contributed by atoms with E-state index >= 15 is 0 Å². The van der Waals surface area contributed by atoms with Crippen molar-refractivity contribution in [2.24, 2.45) is 0 Å². The van der Waals surface area contributed by atoms with Crippen molar-refractivity contribution in [3.63, 3.8) is 0 Å². The predicted molar refractivity (Wildman–Crippen MR) is 74.7 cm³/mol. The molecule has 2 aromatic carbocycles. The SMILES string of the molecule is CCOc1ccc(C(Br)c2cc(F)c(F)c(F)c2)cc1. The Hall–Kier alpha value is -1.49. The fourth-order valence-corrected chi connectivity index (χ4v) is 2.38. The summed E-state index contributed by atoms with van der Waals surface area (Å²) in [5.41, 5.74) is 1.10. The van der Waals surface area contributed by atoms with Crippen LogP contribution in [-0.2, 0) is 0 Å². The van der Waals surface area contributed by atoms with E-state index in [-0.39, 0.29) is 0 Å². The molecule has 0 fully saturated rings. The van der Waals surface area contributed by atoms with Crippen molar-refractivity contribution in [1.82, 2.24) is 0 Å². The molecule has 0 saturated carbocycles. The highest BCUT2D eigenvalue weighted by molar-refractivity contribution is 9.09. The van der Waals surface area contributed by atoms with Gasteiger partial charge in [-0.25, -0.2) is 13.2 Å². The lowest BCUT2D eigenvalue weighted by molar-refractivity contribution is 0.340. The van der Waals surface area contributed by atoms with Gasteiger partial charge in [-0.05, 0) is 42.3 Å². The van der Waals surface area contributed by atoms with Crippen LogP contribution in [-0.4, -0.2) is 6.61 Å². The maximum Gasteiger partial charge on any atom is 0.194 e. The molecule has 0 saturated heterocycles. The van der Waals surface area contributed by atoms with Gasteiger partial charge in [-0.3, -0.25) is 0 Å². The molecule has 0 amide bonds. The quantitative estimate of drug-likeness (QED) is 0.561. The van der Waals surface area contributed by atoms with E-state index in [1.165, 1.54) is 0 Å². The zero-order chi connectivity index (χ0) is 14.7. The van der Waals surface area contributed by atoms with E-state index in [1.807, 2.05) is 6.92 Å². The molecule has 0 aliphatic heterocycles. The number of halogens is 4. The van der Waals surface area contributed by atoms with E-state index in [1.54, 1.807) is 24.3 Å². The molecule has 0 spiro atoms. The van der Waals surface area contributed by atoms with Crippen molar-refractivity contribution < 1.29 is 17.9 Å². The number of hydrogen-bond acceptors (Lipinski definition) is 1. The highest BCUT2D eigenvalue weighted by Crippen LogP contribution is 2.33. The number of alkyl halides is 1. The van der Waals surface area contributed by atoms with Crippen LogP contribution < -0.4 is 4.74 Å². The van der Waals surface area contributed by atoms with Gasteiger partial charge in [-0.15, -0.1) is 0 Å². The Morgan fingerprint density at radius 3 is 2.05 bits per heavy atom. The van der Waals surface area contributed by atoms with Crippen LogP contribution in [0.2, 0.25) is 0 Å². The van der Waals surface area contributed by atoms with Crippen molar-refractivity contribution in [1.29, 1.82) is 0 Å². The highest BCUT2D eigenvalue weighted by Gasteiger charge is 2.16.